The van der Waals surface area contributed by atoms with Gasteiger partial charge in [0.2, 0.25) is 0 Å². The lowest BCUT2D eigenvalue weighted by Crippen LogP contribution is -2.48. The summed E-state index contributed by atoms with van der Waals surface area (Å²) in [6, 6.07) is 3.98. The van der Waals surface area contributed by atoms with Crippen LogP contribution >= 0.6 is 0 Å². The van der Waals surface area contributed by atoms with Gasteiger partial charge in [0.05, 0.1) is 5.69 Å². The van der Waals surface area contributed by atoms with Crippen molar-refractivity contribution in [2.24, 2.45) is 0 Å². The molecule has 3 heterocycles. The lowest BCUT2D eigenvalue weighted by Gasteiger charge is -2.36. The molecule has 0 saturated carbocycles. The van der Waals surface area contributed by atoms with E-state index < -0.39 is 4.92 Å². The molecule has 0 spiro atoms. The largest absolute Gasteiger partial charge is 0.366 e. The van der Waals surface area contributed by atoms with Gasteiger partial charge in [0.15, 0.2) is 6.20 Å². The molecule has 1 N–H and O–H groups in total. The number of pyridine rings is 1. The highest BCUT2D eigenvalue weighted by atomic mass is 16.6. The maximum absolute atomic E-state index is 10.7. The second kappa shape index (κ2) is 7.70. The zero-order valence-corrected chi connectivity index (χ0v) is 13.5. The highest BCUT2D eigenvalue weighted by Gasteiger charge is 2.20. The Kier molecular flexibility index (Phi) is 5.40. The van der Waals surface area contributed by atoms with Gasteiger partial charge >= 0.3 is 5.82 Å². The first-order chi connectivity index (χ1) is 11.2. The number of aromatic nitrogens is 1. The van der Waals surface area contributed by atoms with Crippen molar-refractivity contribution in [2.75, 3.05) is 44.2 Å². The Morgan fingerprint density at radius 2 is 2.09 bits per heavy atom. The first-order valence-electron chi connectivity index (χ1n) is 8.53. The summed E-state index contributed by atoms with van der Waals surface area (Å²) in [6.45, 7) is 6.33. The number of hydrogen-bond acceptors (Lipinski definition) is 6. The van der Waals surface area contributed by atoms with E-state index in [1.807, 2.05) is 0 Å². The van der Waals surface area contributed by atoms with Crippen LogP contribution in [-0.2, 0) is 0 Å². The fourth-order valence-corrected chi connectivity index (χ4v) is 3.41. The number of nitrogens with zero attached hydrogens (tertiary/aromatic N) is 4. The van der Waals surface area contributed by atoms with Crippen molar-refractivity contribution in [1.29, 1.82) is 0 Å². The van der Waals surface area contributed by atoms with E-state index in [0.29, 0.717) is 6.04 Å². The summed E-state index contributed by atoms with van der Waals surface area (Å²) in [4.78, 5) is 18.9. The Bertz CT molecular complexity index is 508. The van der Waals surface area contributed by atoms with E-state index >= 15 is 0 Å². The molecule has 7 nitrogen and oxygen atoms in total. The van der Waals surface area contributed by atoms with Crippen molar-refractivity contribution in [2.45, 2.75) is 31.7 Å². The van der Waals surface area contributed by atoms with E-state index in [1.165, 1.54) is 38.3 Å². The molecular weight excluding hydrogens is 294 g/mol. The van der Waals surface area contributed by atoms with Crippen LogP contribution in [0.1, 0.15) is 25.7 Å². The fraction of sp³-hybridized carbons (Fsp3) is 0.688. The molecule has 2 aliphatic heterocycles. The first kappa shape index (κ1) is 16.1. The van der Waals surface area contributed by atoms with Gasteiger partial charge in [-0.25, -0.2) is 0 Å². The minimum absolute atomic E-state index is 0.0904. The molecule has 1 aromatic rings. The van der Waals surface area contributed by atoms with Crippen LogP contribution in [0.3, 0.4) is 0 Å². The lowest BCUT2D eigenvalue weighted by molar-refractivity contribution is -0.389. The van der Waals surface area contributed by atoms with Crippen molar-refractivity contribution < 1.29 is 4.92 Å². The summed E-state index contributed by atoms with van der Waals surface area (Å²) < 4.78 is 0. The number of nitrogens with one attached hydrogen (secondary N) is 1. The Morgan fingerprint density at radius 3 is 2.70 bits per heavy atom. The molecule has 0 amide bonds. The van der Waals surface area contributed by atoms with Crippen LogP contribution in [0.5, 0.6) is 0 Å². The monoisotopic (exact) mass is 319 g/mol. The zero-order valence-electron chi connectivity index (χ0n) is 13.5. The van der Waals surface area contributed by atoms with Gasteiger partial charge in [0.1, 0.15) is 0 Å². The van der Waals surface area contributed by atoms with Crippen LogP contribution in [0.4, 0.5) is 11.5 Å². The predicted molar refractivity (Wildman–Crippen MR) is 89.8 cm³/mol. The molecule has 2 saturated heterocycles. The number of rotatable bonds is 5. The normalized spacial score (nSPS) is 23.0. The van der Waals surface area contributed by atoms with Gasteiger partial charge in [-0.3, -0.25) is 4.90 Å². The quantitative estimate of drug-likeness (QED) is 0.657. The minimum Gasteiger partial charge on any atom is -0.366 e. The molecule has 0 aliphatic carbocycles. The van der Waals surface area contributed by atoms with Gasteiger partial charge < -0.3 is 20.3 Å². The van der Waals surface area contributed by atoms with Gasteiger partial charge in [0, 0.05) is 38.3 Å². The summed E-state index contributed by atoms with van der Waals surface area (Å²) in [7, 11) is 0. The zero-order chi connectivity index (χ0) is 16.1. The SMILES string of the molecule is O=[N+]([O-])c1ccc(N2CCN(CCC3CCCCN3)CC2)cn1. The lowest BCUT2D eigenvalue weighted by atomic mass is 10.0. The molecule has 1 atom stereocenters. The average molecular weight is 319 g/mol. The van der Waals surface area contributed by atoms with Crippen LogP contribution < -0.4 is 10.2 Å². The third-order valence-electron chi connectivity index (χ3n) is 4.86. The number of piperazine rings is 1. The molecule has 1 unspecified atom stereocenters. The third kappa shape index (κ3) is 4.39. The topological polar surface area (TPSA) is 74.5 Å². The number of nitro groups is 1. The van der Waals surface area contributed by atoms with Gasteiger partial charge in [-0.05, 0) is 48.3 Å². The smallest absolute Gasteiger partial charge is 0.363 e. The van der Waals surface area contributed by atoms with E-state index in [9.17, 15) is 10.1 Å². The fourth-order valence-electron chi connectivity index (χ4n) is 3.41. The summed E-state index contributed by atoms with van der Waals surface area (Å²) >= 11 is 0. The molecule has 23 heavy (non-hydrogen) atoms. The summed E-state index contributed by atoms with van der Waals surface area (Å²) in [5.41, 5.74) is 0.976. The second-order valence-corrected chi connectivity index (χ2v) is 6.40. The van der Waals surface area contributed by atoms with Crippen molar-refractivity contribution in [3.63, 3.8) is 0 Å². The predicted octanol–water partition coefficient (Wildman–Crippen LogP) is 1.64. The maximum atomic E-state index is 10.7. The Hall–Kier alpha value is -1.73. The number of piperidine rings is 1. The molecule has 7 heteroatoms. The van der Waals surface area contributed by atoms with Crippen molar-refractivity contribution >= 4 is 11.5 Å². The van der Waals surface area contributed by atoms with Crippen LogP contribution in [0.2, 0.25) is 0 Å². The van der Waals surface area contributed by atoms with E-state index in [4.69, 9.17) is 0 Å². The van der Waals surface area contributed by atoms with Crippen LogP contribution in [0, 0.1) is 10.1 Å². The molecule has 0 radical (unpaired) electrons. The molecule has 126 valence electrons. The molecule has 2 aliphatic rings. The van der Waals surface area contributed by atoms with E-state index in [2.05, 4.69) is 20.1 Å². The molecule has 0 aromatic carbocycles. The van der Waals surface area contributed by atoms with E-state index in [-0.39, 0.29) is 5.82 Å². The number of hydrogen-bond donors (Lipinski definition) is 1. The van der Waals surface area contributed by atoms with Crippen molar-refractivity contribution in [1.82, 2.24) is 15.2 Å². The molecule has 1 aromatic heterocycles. The molecule has 2 fully saturated rings. The standard InChI is InChI=1S/C16H25N5O2/c22-21(23)16-5-4-15(13-18-16)20-11-9-19(10-12-20)8-6-14-3-1-2-7-17-14/h4-5,13-14,17H,1-3,6-12H2. The van der Waals surface area contributed by atoms with E-state index in [0.717, 1.165) is 38.4 Å². The number of anilines is 1. The highest BCUT2D eigenvalue weighted by molar-refractivity contribution is 5.46. The third-order valence-corrected chi connectivity index (χ3v) is 4.86. The van der Waals surface area contributed by atoms with Crippen LogP contribution in [0.25, 0.3) is 0 Å². The Labute approximate surface area is 136 Å². The van der Waals surface area contributed by atoms with Crippen LogP contribution in [-0.4, -0.2) is 60.1 Å². The Balaban J connectivity index is 1.43. The van der Waals surface area contributed by atoms with Gasteiger partial charge in [-0.1, -0.05) is 6.42 Å². The van der Waals surface area contributed by atoms with Crippen LogP contribution in [0.15, 0.2) is 18.3 Å². The van der Waals surface area contributed by atoms with E-state index in [1.54, 1.807) is 12.3 Å². The summed E-state index contributed by atoms with van der Waals surface area (Å²) in [5.74, 6) is -0.0904. The second-order valence-electron chi connectivity index (χ2n) is 6.40. The summed E-state index contributed by atoms with van der Waals surface area (Å²) in [5, 5.41) is 14.3. The van der Waals surface area contributed by atoms with Gasteiger partial charge in [-0.2, -0.15) is 0 Å². The maximum Gasteiger partial charge on any atom is 0.363 e. The van der Waals surface area contributed by atoms with Gasteiger partial charge in [0.25, 0.3) is 0 Å². The summed E-state index contributed by atoms with van der Waals surface area (Å²) in [6.07, 6.45) is 6.84. The molecule has 3 rings (SSSR count). The Morgan fingerprint density at radius 1 is 1.26 bits per heavy atom. The molecule has 0 bridgehead atoms. The van der Waals surface area contributed by atoms with Crippen molar-refractivity contribution in [3.8, 4) is 0 Å². The van der Waals surface area contributed by atoms with Gasteiger partial charge in [-0.15, -0.1) is 0 Å². The minimum atomic E-state index is -0.457. The van der Waals surface area contributed by atoms with Crippen molar-refractivity contribution in [3.05, 3.63) is 28.4 Å². The first-order valence-corrected chi connectivity index (χ1v) is 8.53. The highest BCUT2D eigenvalue weighted by Crippen LogP contribution is 2.18. The molecular formula is C16H25N5O2. The average Bonchev–Trinajstić information content (AvgIpc) is 2.61.